The standard InChI is InChI=1S/C26H26Cl2N4O6S3/c27-18-9-14(10-19(28)29-18)11-20(39)30-21-23(34)32-22(26(37)38)15(13-41-24(21)32)12-40-16-4-7-31(8-5-16)6-2-1-3-17(33)25(35)36/h4-5,7-10,17,21,24,33H,1-3,6,11-13H2,(H2-,30,35,36,37,38,39)/p+1/t17-,21+,24+/m0/s1. The molecule has 0 aliphatic carbocycles. The number of hydrogen-bond donors (Lipinski definition) is 4. The summed E-state index contributed by atoms with van der Waals surface area (Å²) < 4.78 is 1.97. The minimum Gasteiger partial charge on any atom is -0.479 e. The quantitative estimate of drug-likeness (QED) is 0.0630. The SMILES string of the molecule is O=C(O)C1=C(CSc2cc[n+](CCCC[C@H](O)C(=O)O)cc2)CS[C@@H]2[C@H](NC(=S)Cc3cc(Cl)nc(Cl)c3)C(=O)N12. The Labute approximate surface area is 260 Å². The fraction of sp³-hybridized carbons (Fsp3) is 0.385. The van der Waals surface area contributed by atoms with Crippen LogP contribution < -0.4 is 9.88 Å². The van der Waals surface area contributed by atoms with Gasteiger partial charge in [0.25, 0.3) is 5.91 Å². The zero-order valence-electron chi connectivity index (χ0n) is 21.5. The number of aliphatic hydroxyl groups is 1. The maximum atomic E-state index is 13.0. The number of nitrogens with zero attached hydrogens (tertiary/aromatic N) is 3. The zero-order chi connectivity index (χ0) is 29.7. The molecule has 2 aliphatic heterocycles. The topological polar surface area (TPSA) is 144 Å². The summed E-state index contributed by atoms with van der Waals surface area (Å²) in [5.74, 6) is -1.80. The molecule has 4 rings (SSSR count). The van der Waals surface area contributed by atoms with Crippen molar-refractivity contribution in [3.05, 3.63) is 63.8 Å². The molecule has 1 fully saturated rings. The number of carbonyl (C=O) groups is 3. The third-order valence-electron chi connectivity index (χ3n) is 6.46. The second kappa shape index (κ2) is 14.2. The zero-order valence-corrected chi connectivity index (χ0v) is 25.5. The van der Waals surface area contributed by atoms with E-state index in [4.69, 9.17) is 40.5 Å². The molecule has 2 aliphatic rings. The number of carboxylic acids is 2. The summed E-state index contributed by atoms with van der Waals surface area (Å²) in [5, 5.41) is 31.2. The van der Waals surface area contributed by atoms with Crippen LogP contribution in [0.4, 0.5) is 0 Å². The Hall–Kier alpha value is -2.42. The van der Waals surface area contributed by atoms with Gasteiger partial charge in [0.2, 0.25) is 0 Å². The number of halogens is 2. The van der Waals surface area contributed by atoms with E-state index in [1.54, 1.807) is 12.1 Å². The summed E-state index contributed by atoms with van der Waals surface area (Å²) in [4.78, 5) is 42.5. The number of hydrogen-bond acceptors (Lipinski definition) is 8. The largest absolute Gasteiger partial charge is 0.479 e. The van der Waals surface area contributed by atoms with Gasteiger partial charge in [-0.15, -0.1) is 23.5 Å². The lowest BCUT2D eigenvalue weighted by Crippen LogP contribution is -2.70. The van der Waals surface area contributed by atoms with Gasteiger partial charge in [-0.1, -0.05) is 35.4 Å². The fourth-order valence-corrected chi connectivity index (χ4v) is 7.60. The van der Waals surface area contributed by atoms with E-state index in [9.17, 15) is 24.6 Å². The predicted molar refractivity (Wildman–Crippen MR) is 160 cm³/mol. The van der Waals surface area contributed by atoms with E-state index in [1.807, 2.05) is 29.1 Å². The summed E-state index contributed by atoms with van der Waals surface area (Å²) in [6.45, 7) is 0.684. The van der Waals surface area contributed by atoms with Gasteiger partial charge in [0.05, 0.1) is 4.99 Å². The number of fused-ring (bicyclic) bond motifs is 1. The maximum absolute atomic E-state index is 13.0. The number of aryl methyl sites for hydroxylation is 1. The van der Waals surface area contributed by atoms with Crippen molar-refractivity contribution < 1.29 is 34.3 Å². The molecule has 3 atom stereocenters. The second-order valence-electron chi connectivity index (χ2n) is 9.42. The monoisotopic (exact) mass is 657 g/mol. The Balaban J connectivity index is 1.31. The van der Waals surface area contributed by atoms with E-state index >= 15 is 0 Å². The second-order valence-corrected chi connectivity index (χ2v) is 12.8. The Morgan fingerprint density at radius 2 is 1.90 bits per heavy atom. The fourth-order valence-electron chi connectivity index (χ4n) is 4.44. The van der Waals surface area contributed by atoms with Gasteiger partial charge in [-0.2, -0.15) is 0 Å². The first-order valence-electron chi connectivity index (χ1n) is 12.6. The van der Waals surface area contributed by atoms with Gasteiger partial charge in [-0.05, 0) is 36.1 Å². The van der Waals surface area contributed by atoms with Crippen LogP contribution in [0, 0.1) is 0 Å². The lowest BCUT2D eigenvalue weighted by atomic mass is 10.0. The van der Waals surface area contributed by atoms with Gasteiger partial charge in [0.1, 0.15) is 34.0 Å². The number of β-lactam (4-membered cyclic amide) rings is 1. The highest BCUT2D eigenvalue weighted by Crippen LogP contribution is 2.41. The minimum atomic E-state index is -1.33. The number of thiocarbonyl (C=S) groups is 1. The maximum Gasteiger partial charge on any atom is 0.352 e. The van der Waals surface area contributed by atoms with Crippen molar-refractivity contribution in [2.75, 3.05) is 11.5 Å². The van der Waals surface area contributed by atoms with E-state index in [2.05, 4.69) is 10.3 Å². The third-order valence-corrected chi connectivity index (χ3v) is 9.54. The average molecular weight is 659 g/mol. The average Bonchev–Trinajstić information content (AvgIpc) is 2.92. The molecule has 1 saturated heterocycles. The van der Waals surface area contributed by atoms with Crippen LogP contribution in [0.15, 0.2) is 52.8 Å². The minimum absolute atomic E-state index is 0.0254. The molecule has 0 saturated carbocycles. The summed E-state index contributed by atoms with van der Waals surface area (Å²) in [7, 11) is 0. The number of aromatic nitrogens is 2. The molecule has 0 radical (unpaired) electrons. The molecular weight excluding hydrogens is 631 g/mol. The van der Waals surface area contributed by atoms with Crippen molar-refractivity contribution in [2.45, 2.75) is 54.6 Å². The van der Waals surface area contributed by atoms with E-state index in [1.165, 1.54) is 28.4 Å². The van der Waals surface area contributed by atoms with Crippen LogP contribution in [-0.4, -0.2) is 77.1 Å². The van der Waals surface area contributed by atoms with Crippen molar-refractivity contribution in [1.29, 1.82) is 0 Å². The summed E-state index contributed by atoms with van der Waals surface area (Å²) in [6.07, 6.45) is 4.32. The number of amides is 1. The van der Waals surface area contributed by atoms with Gasteiger partial charge in [0, 0.05) is 41.4 Å². The summed E-state index contributed by atoms with van der Waals surface area (Å²) >= 11 is 20.3. The number of thioether (sulfide) groups is 2. The highest BCUT2D eigenvalue weighted by atomic mass is 35.5. The number of nitrogens with one attached hydrogen (secondary N) is 1. The Morgan fingerprint density at radius 1 is 1.22 bits per heavy atom. The number of pyridine rings is 2. The van der Waals surface area contributed by atoms with Crippen LogP contribution in [0.1, 0.15) is 24.8 Å². The van der Waals surface area contributed by atoms with Crippen LogP contribution >= 0.6 is 58.9 Å². The normalized spacial score (nSPS) is 18.9. The summed E-state index contributed by atoms with van der Waals surface area (Å²) in [6, 6.07) is 6.51. The first kappa shape index (κ1) is 31.5. The van der Waals surface area contributed by atoms with Crippen LogP contribution in [0.5, 0.6) is 0 Å². The lowest BCUT2D eigenvalue weighted by molar-refractivity contribution is -0.697. The van der Waals surface area contributed by atoms with Crippen molar-refractivity contribution in [3.63, 3.8) is 0 Å². The number of rotatable bonds is 13. The lowest BCUT2D eigenvalue weighted by Gasteiger charge is -2.49. The molecule has 0 spiro atoms. The highest BCUT2D eigenvalue weighted by Gasteiger charge is 2.53. The molecule has 4 N–H and O–H groups in total. The molecule has 15 heteroatoms. The Kier molecular flexibility index (Phi) is 10.9. The van der Waals surface area contributed by atoms with Crippen molar-refractivity contribution in [3.8, 4) is 0 Å². The van der Waals surface area contributed by atoms with Crippen LogP contribution in [0.3, 0.4) is 0 Å². The number of carboxylic acid groups (broad SMARTS) is 2. The van der Waals surface area contributed by atoms with Crippen molar-refractivity contribution >= 4 is 81.8 Å². The molecule has 0 aromatic carbocycles. The molecule has 0 bridgehead atoms. The number of aliphatic hydroxyl groups excluding tert-OH is 1. The summed E-state index contributed by atoms with van der Waals surface area (Å²) in [5.41, 5.74) is 1.45. The Morgan fingerprint density at radius 3 is 2.54 bits per heavy atom. The van der Waals surface area contributed by atoms with Gasteiger partial charge < -0.3 is 20.6 Å². The van der Waals surface area contributed by atoms with Crippen LogP contribution in [0.25, 0.3) is 0 Å². The van der Waals surface area contributed by atoms with Gasteiger partial charge in [-0.25, -0.2) is 19.1 Å². The van der Waals surface area contributed by atoms with E-state index < -0.39 is 24.1 Å². The molecule has 4 heterocycles. The Bertz CT molecular complexity index is 1360. The highest BCUT2D eigenvalue weighted by molar-refractivity contribution is 8.01. The molecule has 2 aromatic heterocycles. The number of aliphatic carboxylic acids is 2. The number of unbranched alkanes of at least 4 members (excludes halogenated alkanes) is 1. The van der Waals surface area contributed by atoms with E-state index in [0.29, 0.717) is 41.5 Å². The van der Waals surface area contributed by atoms with E-state index in [-0.39, 0.29) is 33.7 Å². The third kappa shape index (κ3) is 8.11. The van der Waals surface area contributed by atoms with Crippen molar-refractivity contribution in [1.82, 2.24) is 15.2 Å². The molecule has 41 heavy (non-hydrogen) atoms. The molecule has 10 nitrogen and oxygen atoms in total. The molecular formula is C26H27Cl2N4O6S3+. The van der Waals surface area contributed by atoms with Crippen molar-refractivity contribution in [2.24, 2.45) is 0 Å². The van der Waals surface area contributed by atoms with Gasteiger partial charge in [0.15, 0.2) is 18.5 Å². The molecule has 0 unspecified atom stereocenters. The van der Waals surface area contributed by atoms with Gasteiger partial charge in [-0.3, -0.25) is 9.69 Å². The smallest absolute Gasteiger partial charge is 0.352 e. The molecule has 218 valence electrons. The van der Waals surface area contributed by atoms with Crippen LogP contribution in [0.2, 0.25) is 10.3 Å². The van der Waals surface area contributed by atoms with E-state index in [0.717, 1.165) is 16.9 Å². The predicted octanol–water partition coefficient (Wildman–Crippen LogP) is 3.17. The molecule has 2 aromatic rings. The number of carbonyl (C=O) groups excluding carboxylic acids is 1. The first-order valence-corrected chi connectivity index (χ1v) is 15.8. The first-order chi connectivity index (χ1) is 19.5. The molecule has 1 amide bonds. The van der Waals surface area contributed by atoms with Gasteiger partial charge >= 0.3 is 11.9 Å². The van der Waals surface area contributed by atoms with Crippen LogP contribution in [-0.2, 0) is 27.3 Å².